The molecule has 0 saturated carbocycles. The first-order valence-electron chi connectivity index (χ1n) is 6.85. The minimum Gasteiger partial charge on any atom is -0.496 e. The van der Waals surface area contributed by atoms with Crippen LogP contribution in [0.15, 0.2) is 36.4 Å². The van der Waals surface area contributed by atoms with Crippen molar-refractivity contribution in [2.45, 2.75) is 38.6 Å². The lowest BCUT2D eigenvalue weighted by Gasteiger charge is -2.19. The molecular weight excluding hydrogens is 224 g/mol. The minimum absolute atomic E-state index is 0.354. The molecular formula is C15H22N2O. The number of ether oxygens (including phenoxy) is 1. The molecule has 3 heteroatoms. The summed E-state index contributed by atoms with van der Waals surface area (Å²) in [4.78, 5) is 4.16. The van der Waals surface area contributed by atoms with Gasteiger partial charge in [0.1, 0.15) is 5.76 Å². The van der Waals surface area contributed by atoms with E-state index in [1.165, 1.54) is 5.56 Å². The molecule has 18 heavy (non-hydrogen) atoms. The number of nitrogens with one attached hydrogen (secondary N) is 1. The Labute approximate surface area is 109 Å². The summed E-state index contributed by atoms with van der Waals surface area (Å²) in [5.74, 6) is 1.13. The van der Waals surface area contributed by atoms with Crippen LogP contribution in [0.5, 0.6) is 0 Å². The molecule has 1 aromatic rings. The lowest BCUT2D eigenvalue weighted by molar-refractivity contribution is 0.211. The summed E-state index contributed by atoms with van der Waals surface area (Å²) in [6, 6.07) is 4.48. The Morgan fingerprint density at radius 3 is 3.11 bits per heavy atom. The zero-order valence-electron chi connectivity index (χ0n) is 11.1. The molecule has 0 amide bonds. The number of hydrogen-bond donors (Lipinski definition) is 1. The van der Waals surface area contributed by atoms with Crippen LogP contribution in [0, 0.1) is 0 Å². The van der Waals surface area contributed by atoms with E-state index in [1.807, 2.05) is 18.5 Å². The van der Waals surface area contributed by atoms with Crippen molar-refractivity contribution in [2.75, 3.05) is 13.2 Å². The summed E-state index contributed by atoms with van der Waals surface area (Å²) in [5.41, 5.74) is 1.29. The number of rotatable bonds is 7. The standard InChI is InChI=1S/C15H22N2O/c1-2-9-17-14(15-6-4-11-18-15)8-7-13-5-3-10-16-12-13/h3,5-6,10,12,14,17H,2,4,7-9,11H2,1H3. The zero-order chi connectivity index (χ0) is 12.6. The smallest absolute Gasteiger partial charge is 0.109 e. The van der Waals surface area contributed by atoms with Gasteiger partial charge in [-0.1, -0.05) is 13.0 Å². The van der Waals surface area contributed by atoms with Gasteiger partial charge in [0.05, 0.1) is 12.6 Å². The lowest BCUT2D eigenvalue weighted by Crippen LogP contribution is -2.32. The van der Waals surface area contributed by atoms with Crippen LogP contribution in [0.1, 0.15) is 31.7 Å². The van der Waals surface area contributed by atoms with Crippen LogP contribution in [0.4, 0.5) is 0 Å². The fraction of sp³-hybridized carbons (Fsp3) is 0.533. The monoisotopic (exact) mass is 246 g/mol. The minimum atomic E-state index is 0.354. The highest BCUT2D eigenvalue weighted by Gasteiger charge is 2.17. The molecule has 0 bridgehead atoms. The molecule has 2 heterocycles. The van der Waals surface area contributed by atoms with Gasteiger partial charge in [-0.3, -0.25) is 4.98 Å². The Balaban J connectivity index is 1.88. The third-order valence-electron chi connectivity index (χ3n) is 3.16. The van der Waals surface area contributed by atoms with E-state index in [9.17, 15) is 0 Å². The van der Waals surface area contributed by atoms with Crippen LogP contribution in [0.3, 0.4) is 0 Å². The van der Waals surface area contributed by atoms with Gasteiger partial charge in [-0.25, -0.2) is 0 Å². The molecule has 0 aliphatic carbocycles. The van der Waals surface area contributed by atoms with Crippen molar-refractivity contribution in [2.24, 2.45) is 0 Å². The Hall–Kier alpha value is -1.35. The van der Waals surface area contributed by atoms with Crippen molar-refractivity contribution in [3.63, 3.8) is 0 Å². The second-order valence-corrected chi connectivity index (χ2v) is 4.65. The second kappa shape index (κ2) is 7.17. The average Bonchev–Trinajstić information content (AvgIpc) is 2.94. The van der Waals surface area contributed by atoms with E-state index in [4.69, 9.17) is 4.74 Å². The SMILES string of the molecule is CCCNC(CCc1cccnc1)C1=CCCO1. The molecule has 1 aliphatic heterocycles. The van der Waals surface area contributed by atoms with Gasteiger partial charge in [-0.05, 0) is 43.5 Å². The van der Waals surface area contributed by atoms with Crippen LogP contribution in [0.25, 0.3) is 0 Å². The van der Waals surface area contributed by atoms with Gasteiger partial charge >= 0.3 is 0 Å². The zero-order valence-corrected chi connectivity index (χ0v) is 11.1. The van der Waals surface area contributed by atoms with Crippen molar-refractivity contribution in [3.8, 4) is 0 Å². The molecule has 3 nitrogen and oxygen atoms in total. The van der Waals surface area contributed by atoms with E-state index in [1.54, 1.807) is 0 Å². The number of aromatic nitrogens is 1. The maximum absolute atomic E-state index is 5.68. The normalized spacial score (nSPS) is 16.2. The van der Waals surface area contributed by atoms with E-state index in [-0.39, 0.29) is 0 Å². The highest BCUT2D eigenvalue weighted by Crippen LogP contribution is 2.17. The molecule has 0 spiro atoms. The van der Waals surface area contributed by atoms with E-state index in [2.05, 4.69) is 29.4 Å². The third kappa shape index (κ3) is 3.84. The van der Waals surface area contributed by atoms with Crippen LogP contribution in [-0.4, -0.2) is 24.2 Å². The third-order valence-corrected chi connectivity index (χ3v) is 3.16. The second-order valence-electron chi connectivity index (χ2n) is 4.65. The summed E-state index contributed by atoms with van der Waals surface area (Å²) < 4.78 is 5.68. The average molecular weight is 246 g/mol. The molecule has 0 aromatic carbocycles. The summed E-state index contributed by atoms with van der Waals surface area (Å²) in [6.45, 7) is 4.07. The fourth-order valence-electron chi connectivity index (χ4n) is 2.20. The van der Waals surface area contributed by atoms with Crippen molar-refractivity contribution in [1.29, 1.82) is 0 Å². The van der Waals surface area contributed by atoms with Crippen LogP contribution in [0.2, 0.25) is 0 Å². The first-order valence-corrected chi connectivity index (χ1v) is 6.85. The Morgan fingerprint density at radius 1 is 1.50 bits per heavy atom. The van der Waals surface area contributed by atoms with Crippen molar-refractivity contribution in [3.05, 3.63) is 41.9 Å². The van der Waals surface area contributed by atoms with Gasteiger partial charge < -0.3 is 10.1 Å². The van der Waals surface area contributed by atoms with E-state index in [0.717, 1.165) is 44.6 Å². The Morgan fingerprint density at radius 2 is 2.44 bits per heavy atom. The molecule has 1 aromatic heterocycles. The summed E-state index contributed by atoms with van der Waals surface area (Å²) >= 11 is 0. The molecule has 1 aliphatic rings. The summed E-state index contributed by atoms with van der Waals surface area (Å²) in [7, 11) is 0. The largest absolute Gasteiger partial charge is 0.496 e. The fourth-order valence-corrected chi connectivity index (χ4v) is 2.20. The van der Waals surface area contributed by atoms with Crippen molar-refractivity contribution in [1.82, 2.24) is 10.3 Å². The number of aryl methyl sites for hydroxylation is 1. The molecule has 1 N–H and O–H groups in total. The topological polar surface area (TPSA) is 34.2 Å². The number of nitrogens with zero attached hydrogens (tertiary/aromatic N) is 1. The van der Waals surface area contributed by atoms with E-state index in [0.29, 0.717) is 6.04 Å². The van der Waals surface area contributed by atoms with E-state index < -0.39 is 0 Å². The molecule has 1 unspecified atom stereocenters. The van der Waals surface area contributed by atoms with Crippen LogP contribution in [-0.2, 0) is 11.2 Å². The molecule has 1 atom stereocenters. The summed E-state index contributed by atoms with van der Waals surface area (Å²) in [5, 5.41) is 3.57. The molecule has 98 valence electrons. The first-order chi connectivity index (χ1) is 8.90. The van der Waals surface area contributed by atoms with Crippen molar-refractivity contribution < 1.29 is 4.74 Å². The molecule has 2 rings (SSSR count). The number of hydrogen-bond acceptors (Lipinski definition) is 3. The van der Waals surface area contributed by atoms with Gasteiger partial charge in [0.2, 0.25) is 0 Å². The van der Waals surface area contributed by atoms with Crippen molar-refractivity contribution >= 4 is 0 Å². The van der Waals surface area contributed by atoms with Gasteiger partial charge in [0.15, 0.2) is 0 Å². The summed E-state index contributed by atoms with van der Waals surface area (Å²) in [6.07, 6.45) is 10.3. The molecule has 0 fully saturated rings. The molecule has 0 radical (unpaired) electrons. The Kier molecular flexibility index (Phi) is 5.21. The maximum Gasteiger partial charge on any atom is 0.109 e. The van der Waals surface area contributed by atoms with Gasteiger partial charge in [0, 0.05) is 18.8 Å². The van der Waals surface area contributed by atoms with Crippen LogP contribution < -0.4 is 5.32 Å². The maximum atomic E-state index is 5.68. The molecule has 0 saturated heterocycles. The van der Waals surface area contributed by atoms with Gasteiger partial charge in [0.25, 0.3) is 0 Å². The Bertz CT molecular complexity index is 375. The number of pyridine rings is 1. The van der Waals surface area contributed by atoms with Gasteiger partial charge in [-0.15, -0.1) is 0 Å². The predicted octanol–water partition coefficient (Wildman–Crippen LogP) is 2.69. The lowest BCUT2D eigenvalue weighted by atomic mass is 10.0. The highest BCUT2D eigenvalue weighted by atomic mass is 16.5. The predicted molar refractivity (Wildman–Crippen MR) is 73.3 cm³/mol. The highest BCUT2D eigenvalue weighted by molar-refractivity contribution is 5.12. The quantitative estimate of drug-likeness (QED) is 0.803. The van der Waals surface area contributed by atoms with Crippen LogP contribution >= 0.6 is 0 Å². The van der Waals surface area contributed by atoms with E-state index >= 15 is 0 Å². The first kappa shape index (κ1) is 13.1. The van der Waals surface area contributed by atoms with Gasteiger partial charge in [-0.2, -0.15) is 0 Å².